The van der Waals surface area contributed by atoms with Gasteiger partial charge in [-0.15, -0.1) is 0 Å². The summed E-state index contributed by atoms with van der Waals surface area (Å²) in [5.74, 6) is -1.46. The minimum absolute atomic E-state index is 0.173. The molecule has 4 aromatic carbocycles. The molecule has 7 rings (SSSR count). The minimum Gasteiger partial charge on any atom is -0.507 e. The Balaban J connectivity index is 1.15. The average Bonchev–Trinajstić information content (AvgIpc) is 3.36. The van der Waals surface area contributed by atoms with Gasteiger partial charge in [0.25, 0.3) is 0 Å². The monoisotopic (exact) mass is 638 g/mol. The van der Waals surface area contributed by atoms with Gasteiger partial charge in [-0.25, -0.2) is 0 Å². The number of anilines is 3. The molecule has 8 heteroatoms. The predicted octanol–water partition coefficient (Wildman–Crippen LogP) is 7.87. The molecule has 0 spiro atoms. The second-order valence-corrected chi connectivity index (χ2v) is 12.9. The Morgan fingerprint density at radius 2 is 1.54 bits per heavy atom. The Hall–Kier alpha value is -4.92. The zero-order valence-corrected chi connectivity index (χ0v) is 27.0. The number of imide groups is 1. The molecule has 0 aromatic heterocycles. The molecule has 1 aliphatic carbocycles. The lowest BCUT2D eigenvalue weighted by Crippen LogP contribution is -2.46. The Kier molecular flexibility index (Phi) is 9.02. The topological polar surface area (TPSA) is 99.1 Å². The Labute approximate surface area is 281 Å². The van der Waals surface area contributed by atoms with Gasteiger partial charge in [-0.3, -0.25) is 14.5 Å². The molecule has 2 amide bonds. The number of allylic oxidation sites excluding steroid dienone is 2. The van der Waals surface area contributed by atoms with E-state index >= 15 is 0 Å². The van der Waals surface area contributed by atoms with Crippen LogP contribution in [0.5, 0.6) is 5.75 Å². The highest BCUT2D eigenvalue weighted by Crippen LogP contribution is 2.52. The van der Waals surface area contributed by atoms with E-state index in [1.165, 1.54) is 4.90 Å². The van der Waals surface area contributed by atoms with Gasteiger partial charge in [0.05, 0.1) is 23.6 Å². The minimum atomic E-state index is -1.04. The van der Waals surface area contributed by atoms with Gasteiger partial charge in [0.1, 0.15) is 5.75 Å². The van der Waals surface area contributed by atoms with Gasteiger partial charge in [0.15, 0.2) is 0 Å². The summed E-state index contributed by atoms with van der Waals surface area (Å²) in [6.45, 7) is 2.09. The number of amides is 2. The van der Waals surface area contributed by atoms with E-state index in [0.717, 1.165) is 45.6 Å². The smallest absolute Gasteiger partial charge is 0.455 e. The van der Waals surface area contributed by atoms with Crippen molar-refractivity contribution in [3.05, 3.63) is 131 Å². The standard InChI is InChI=1S/C40H39BN2O5/c1-2-26-24-33-38(40(46)43(39(33)45)32-20-18-31(19-21-32)42-30-14-7-4-8-15-30)34-25-41(47)48-36(37(26)34)22-17-28(27-11-5-3-6-12-27)23-29-13-9-10-16-35(29)44/h3-16,18-21,23,33-34,36,38,42,44,47H,2,17,22,24-25H2,1H3/b28-23-/t33-,34+,36-,38-/m1/s1. The van der Waals surface area contributed by atoms with Gasteiger partial charge in [0, 0.05) is 16.9 Å². The fraction of sp³-hybridized carbons (Fsp3) is 0.250. The maximum Gasteiger partial charge on any atom is 0.455 e. The van der Waals surface area contributed by atoms with Crippen LogP contribution in [0.2, 0.25) is 6.32 Å². The molecular formula is C40H39BN2O5. The number of nitrogens with one attached hydrogen (secondary N) is 1. The summed E-state index contributed by atoms with van der Waals surface area (Å²) in [5.41, 5.74) is 7.40. The van der Waals surface area contributed by atoms with Crippen LogP contribution in [0.25, 0.3) is 11.6 Å². The fourth-order valence-corrected chi connectivity index (χ4v) is 7.78. The number of carbonyl (C=O) groups excluding carboxylic acids is 2. The van der Waals surface area contributed by atoms with E-state index in [9.17, 15) is 19.7 Å². The molecule has 7 nitrogen and oxygen atoms in total. The molecular weight excluding hydrogens is 599 g/mol. The maximum atomic E-state index is 14.2. The second kappa shape index (κ2) is 13.7. The molecule has 48 heavy (non-hydrogen) atoms. The SMILES string of the molecule is CCC1=C2[C@@H](CC/C(=C/c3ccccc3O)c3ccccc3)OB(O)C[C@@H]2[C@@H]2C(=O)N(c3ccc(Nc4ccccc4)cc3)C(=O)[C@@H]2C1. The van der Waals surface area contributed by atoms with E-state index < -0.39 is 25.1 Å². The van der Waals surface area contributed by atoms with E-state index in [1.807, 2.05) is 91.0 Å². The zero-order valence-electron chi connectivity index (χ0n) is 27.0. The maximum absolute atomic E-state index is 14.2. The lowest BCUT2D eigenvalue weighted by molar-refractivity contribution is -0.122. The first-order valence-electron chi connectivity index (χ1n) is 16.8. The number of phenols is 1. The van der Waals surface area contributed by atoms with E-state index in [4.69, 9.17) is 4.65 Å². The molecule has 2 saturated heterocycles. The first-order valence-corrected chi connectivity index (χ1v) is 16.8. The third-order valence-corrected chi connectivity index (χ3v) is 10.0. The second-order valence-electron chi connectivity index (χ2n) is 12.9. The lowest BCUT2D eigenvalue weighted by Gasteiger charge is -2.43. The molecule has 2 fully saturated rings. The van der Waals surface area contributed by atoms with Crippen LogP contribution in [0.4, 0.5) is 17.1 Å². The summed E-state index contributed by atoms with van der Waals surface area (Å²) < 4.78 is 6.24. The highest BCUT2D eigenvalue weighted by molar-refractivity contribution is 6.43. The van der Waals surface area contributed by atoms with E-state index in [1.54, 1.807) is 12.1 Å². The Morgan fingerprint density at radius 3 is 2.25 bits per heavy atom. The largest absolute Gasteiger partial charge is 0.507 e. The number of benzene rings is 4. The van der Waals surface area contributed by atoms with Crippen LogP contribution < -0.4 is 10.2 Å². The third-order valence-electron chi connectivity index (χ3n) is 10.0. The third kappa shape index (κ3) is 6.21. The van der Waals surface area contributed by atoms with E-state index in [2.05, 4.69) is 24.4 Å². The predicted molar refractivity (Wildman–Crippen MR) is 190 cm³/mol. The quantitative estimate of drug-likeness (QED) is 0.0747. The molecule has 4 aromatic rings. The van der Waals surface area contributed by atoms with Crippen molar-refractivity contribution in [2.45, 2.75) is 45.0 Å². The van der Waals surface area contributed by atoms with E-state index in [-0.39, 0.29) is 29.8 Å². The Bertz CT molecular complexity index is 1860. The van der Waals surface area contributed by atoms with E-state index in [0.29, 0.717) is 24.9 Å². The molecule has 3 aliphatic rings. The number of carbonyl (C=O) groups is 2. The summed E-state index contributed by atoms with van der Waals surface area (Å²) >= 11 is 0. The number of hydrogen-bond donors (Lipinski definition) is 3. The van der Waals surface area contributed by atoms with Crippen LogP contribution in [0.1, 0.15) is 43.7 Å². The number of rotatable bonds is 9. The van der Waals surface area contributed by atoms with Crippen LogP contribution in [0, 0.1) is 17.8 Å². The first kappa shape index (κ1) is 31.7. The van der Waals surface area contributed by atoms with Gasteiger partial charge in [-0.1, -0.05) is 79.2 Å². The fourth-order valence-electron chi connectivity index (χ4n) is 7.78. The van der Waals surface area contributed by atoms with Crippen LogP contribution in [0.3, 0.4) is 0 Å². The summed E-state index contributed by atoms with van der Waals surface area (Å²) in [5, 5.41) is 24.9. The van der Waals surface area contributed by atoms with Crippen molar-refractivity contribution in [2.75, 3.05) is 10.2 Å². The molecule has 2 heterocycles. The number of nitrogens with zero attached hydrogens (tertiary/aromatic N) is 1. The van der Waals surface area contributed by atoms with Crippen LogP contribution >= 0.6 is 0 Å². The number of fused-ring (bicyclic) bond motifs is 3. The van der Waals surface area contributed by atoms with Crippen LogP contribution in [0.15, 0.2) is 120 Å². The average molecular weight is 639 g/mol. The van der Waals surface area contributed by atoms with Crippen LogP contribution in [-0.4, -0.2) is 35.2 Å². The Morgan fingerprint density at radius 1 is 0.875 bits per heavy atom. The number of aromatic hydroxyl groups is 1. The molecule has 0 saturated carbocycles. The van der Waals surface area contributed by atoms with Crippen molar-refractivity contribution in [3.63, 3.8) is 0 Å². The first-order chi connectivity index (χ1) is 23.4. The van der Waals surface area contributed by atoms with Crippen molar-refractivity contribution in [1.29, 1.82) is 0 Å². The van der Waals surface area contributed by atoms with Crippen molar-refractivity contribution in [2.24, 2.45) is 17.8 Å². The summed E-state index contributed by atoms with van der Waals surface area (Å²) in [6, 6.07) is 34.5. The number of phenolic OH excluding ortho intramolecular Hbond substituents is 1. The van der Waals surface area contributed by atoms with Crippen molar-refractivity contribution < 1.29 is 24.4 Å². The normalized spacial score (nSPS) is 22.5. The summed E-state index contributed by atoms with van der Waals surface area (Å²) in [6.07, 6.45) is 4.35. The highest BCUT2D eigenvalue weighted by atomic mass is 16.5. The van der Waals surface area contributed by atoms with Gasteiger partial charge in [-0.2, -0.15) is 0 Å². The van der Waals surface area contributed by atoms with Crippen molar-refractivity contribution in [3.8, 4) is 5.75 Å². The van der Waals surface area contributed by atoms with Crippen molar-refractivity contribution in [1.82, 2.24) is 0 Å². The summed E-state index contributed by atoms with van der Waals surface area (Å²) in [4.78, 5) is 29.5. The number of hydrogen-bond acceptors (Lipinski definition) is 6. The number of para-hydroxylation sites is 2. The van der Waals surface area contributed by atoms with Gasteiger partial charge < -0.3 is 20.1 Å². The lowest BCUT2D eigenvalue weighted by atomic mass is 9.58. The molecule has 2 aliphatic heterocycles. The van der Waals surface area contributed by atoms with Gasteiger partial charge >= 0.3 is 7.12 Å². The molecule has 3 N–H and O–H groups in total. The molecule has 0 radical (unpaired) electrons. The van der Waals surface area contributed by atoms with Gasteiger partial charge in [-0.05, 0) is 103 Å². The molecule has 0 unspecified atom stereocenters. The zero-order chi connectivity index (χ0) is 33.2. The van der Waals surface area contributed by atoms with Gasteiger partial charge in [0.2, 0.25) is 11.8 Å². The molecule has 4 atom stereocenters. The molecule has 0 bridgehead atoms. The summed E-state index contributed by atoms with van der Waals surface area (Å²) in [7, 11) is -1.04. The van der Waals surface area contributed by atoms with Crippen molar-refractivity contribution >= 4 is 47.6 Å². The highest BCUT2D eigenvalue weighted by Gasteiger charge is 2.57. The molecule has 242 valence electrons. The van der Waals surface area contributed by atoms with Crippen LogP contribution in [-0.2, 0) is 14.2 Å².